The minimum atomic E-state index is -1.14. The topological polar surface area (TPSA) is 86.7 Å². The van der Waals surface area contributed by atoms with E-state index in [9.17, 15) is 19.5 Å². The minimum Gasteiger partial charge on any atom is -0.480 e. The molecule has 2 N–H and O–H groups in total. The number of aliphatic carboxylic acids is 1. The smallest absolute Gasteiger partial charge is 0.326 e. The van der Waals surface area contributed by atoms with E-state index < -0.39 is 17.9 Å². The summed E-state index contributed by atoms with van der Waals surface area (Å²) in [5.41, 5.74) is 1.64. The first-order valence-corrected chi connectivity index (χ1v) is 10.0. The highest BCUT2D eigenvalue weighted by molar-refractivity contribution is 8.26. The van der Waals surface area contributed by atoms with Crippen LogP contribution in [0.1, 0.15) is 11.1 Å². The Morgan fingerprint density at radius 2 is 1.72 bits per heavy atom. The van der Waals surface area contributed by atoms with Gasteiger partial charge in [-0.15, -0.1) is 0 Å². The molecular weight excluding hydrogens is 408 g/mol. The molecule has 2 amide bonds. The molecule has 8 heteroatoms. The maximum atomic E-state index is 12.6. The number of amides is 2. The number of hydrogen-bond acceptors (Lipinski definition) is 5. The van der Waals surface area contributed by atoms with Crippen molar-refractivity contribution in [2.24, 2.45) is 0 Å². The van der Waals surface area contributed by atoms with E-state index in [1.165, 1.54) is 4.90 Å². The van der Waals surface area contributed by atoms with Crippen LogP contribution < -0.4 is 5.32 Å². The summed E-state index contributed by atoms with van der Waals surface area (Å²) in [6.45, 7) is -0.324. The lowest BCUT2D eigenvalue weighted by molar-refractivity contribution is -0.142. The number of thiocarbonyl (C=S) groups is 1. The summed E-state index contributed by atoms with van der Waals surface area (Å²) in [7, 11) is 0. The van der Waals surface area contributed by atoms with Gasteiger partial charge < -0.3 is 10.4 Å². The number of carboxylic acids is 1. The van der Waals surface area contributed by atoms with E-state index in [0.717, 1.165) is 22.9 Å². The molecule has 0 aliphatic carbocycles. The lowest BCUT2D eigenvalue weighted by Gasteiger charge is -2.18. The molecule has 0 unspecified atom stereocenters. The van der Waals surface area contributed by atoms with Gasteiger partial charge in [0.05, 0.1) is 4.91 Å². The van der Waals surface area contributed by atoms with E-state index in [-0.39, 0.29) is 23.2 Å². The third-order valence-electron chi connectivity index (χ3n) is 4.19. The van der Waals surface area contributed by atoms with Gasteiger partial charge in [-0.05, 0) is 17.2 Å². The molecule has 2 aromatic carbocycles. The zero-order valence-electron chi connectivity index (χ0n) is 15.3. The normalized spacial score (nSPS) is 16.1. The number of benzene rings is 2. The van der Waals surface area contributed by atoms with Crippen LogP contribution in [0.4, 0.5) is 0 Å². The molecule has 0 spiro atoms. The predicted octanol–water partition coefficient (Wildman–Crippen LogP) is 2.70. The van der Waals surface area contributed by atoms with E-state index >= 15 is 0 Å². The molecule has 1 aliphatic rings. The summed E-state index contributed by atoms with van der Waals surface area (Å²) in [4.78, 5) is 38.2. The van der Waals surface area contributed by atoms with Gasteiger partial charge in [0, 0.05) is 6.42 Å². The van der Waals surface area contributed by atoms with Gasteiger partial charge in [-0.25, -0.2) is 4.79 Å². The highest BCUT2D eigenvalue weighted by Crippen LogP contribution is 2.32. The molecule has 1 fully saturated rings. The van der Waals surface area contributed by atoms with E-state index in [0.29, 0.717) is 4.91 Å². The second-order valence-corrected chi connectivity index (χ2v) is 8.00. The molecule has 1 aliphatic heterocycles. The van der Waals surface area contributed by atoms with Crippen LogP contribution in [0.5, 0.6) is 0 Å². The van der Waals surface area contributed by atoms with Crippen molar-refractivity contribution < 1.29 is 19.5 Å². The van der Waals surface area contributed by atoms with Gasteiger partial charge in [0.25, 0.3) is 5.91 Å². The molecule has 0 radical (unpaired) electrons. The third kappa shape index (κ3) is 5.52. The summed E-state index contributed by atoms with van der Waals surface area (Å²) < 4.78 is 0.266. The molecule has 0 aromatic heterocycles. The molecule has 148 valence electrons. The molecule has 0 bridgehead atoms. The van der Waals surface area contributed by atoms with Crippen molar-refractivity contribution in [2.75, 3.05) is 6.54 Å². The lowest BCUT2D eigenvalue weighted by atomic mass is 10.1. The second-order valence-electron chi connectivity index (χ2n) is 6.33. The van der Waals surface area contributed by atoms with Crippen molar-refractivity contribution in [3.63, 3.8) is 0 Å². The first kappa shape index (κ1) is 20.8. The van der Waals surface area contributed by atoms with Crippen LogP contribution in [0, 0.1) is 0 Å². The number of carboxylic acid groups (broad SMARTS) is 1. The van der Waals surface area contributed by atoms with E-state index in [2.05, 4.69) is 5.32 Å². The number of nitrogens with one attached hydrogen (secondary N) is 1. The van der Waals surface area contributed by atoms with Crippen molar-refractivity contribution in [1.29, 1.82) is 0 Å². The highest BCUT2D eigenvalue weighted by atomic mass is 32.2. The summed E-state index contributed by atoms with van der Waals surface area (Å²) in [5.74, 6) is -2.09. The van der Waals surface area contributed by atoms with E-state index in [1.54, 1.807) is 30.3 Å². The standard InChI is InChI=1S/C21H18N2O4S2/c24-18(22-16(20(26)27)11-14-7-3-1-4-8-14)13-23-19(25)17(29-21(23)28)12-15-9-5-2-6-10-15/h1-10,12,16H,11,13H2,(H,22,24)(H,26,27)/b17-12+/t16-/m0/s1. The van der Waals surface area contributed by atoms with E-state index in [4.69, 9.17) is 12.2 Å². The van der Waals surface area contributed by atoms with Crippen molar-refractivity contribution in [1.82, 2.24) is 10.2 Å². The number of carbonyl (C=O) groups excluding carboxylic acids is 2. The quantitative estimate of drug-likeness (QED) is 0.523. The van der Waals surface area contributed by atoms with Crippen molar-refractivity contribution in [3.8, 4) is 0 Å². The minimum absolute atomic E-state index is 0.147. The van der Waals surface area contributed by atoms with Crippen LogP contribution in [0.2, 0.25) is 0 Å². The number of carbonyl (C=O) groups is 3. The van der Waals surface area contributed by atoms with Crippen molar-refractivity contribution in [3.05, 3.63) is 76.7 Å². The first-order valence-electron chi connectivity index (χ1n) is 8.80. The monoisotopic (exact) mass is 426 g/mol. The Labute approximate surface area is 177 Å². The Morgan fingerprint density at radius 3 is 2.34 bits per heavy atom. The van der Waals surface area contributed by atoms with Gasteiger partial charge in [0.1, 0.15) is 16.9 Å². The molecule has 1 atom stereocenters. The maximum absolute atomic E-state index is 12.6. The summed E-state index contributed by atoms with van der Waals surface area (Å²) >= 11 is 6.35. The highest BCUT2D eigenvalue weighted by Gasteiger charge is 2.34. The van der Waals surface area contributed by atoms with Gasteiger partial charge in [-0.3, -0.25) is 14.5 Å². The zero-order chi connectivity index (χ0) is 20.8. The number of thioether (sulfide) groups is 1. The molecular formula is C21H18N2O4S2. The van der Waals surface area contributed by atoms with Crippen LogP contribution in [0.25, 0.3) is 6.08 Å². The van der Waals surface area contributed by atoms with Crippen LogP contribution in [-0.4, -0.2) is 44.7 Å². The van der Waals surface area contributed by atoms with Gasteiger partial charge >= 0.3 is 5.97 Å². The SMILES string of the molecule is O=C(CN1C(=O)/C(=C\c2ccccc2)SC1=S)N[C@@H](Cc1ccccc1)C(=O)O. The van der Waals surface area contributed by atoms with Gasteiger partial charge in [0.15, 0.2) is 0 Å². The molecule has 1 heterocycles. The molecule has 6 nitrogen and oxygen atoms in total. The Bertz CT molecular complexity index is 961. The predicted molar refractivity (Wildman–Crippen MR) is 116 cm³/mol. The number of nitrogens with zero attached hydrogens (tertiary/aromatic N) is 1. The summed E-state index contributed by atoms with van der Waals surface area (Å²) in [6.07, 6.45) is 1.86. The molecule has 29 heavy (non-hydrogen) atoms. The Morgan fingerprint density at radius 1 is 1.10 bits per heavy atom. The van der Waals surface area contributed by atoms with Crippen molar-refractivity contribution >= 4 is 52.2 Å². The average Bonchev–Trinajstić information content (AvgIpc) is 2.96. The largest absolute Gasteiger partial charge is 0.480 e. The van der Waals surface area contributed by atoms with Gasteiger partial charge in [0.2, 0.25) is 5.91 Å². The second kappa shape index (κ2) is 9.49. The Hall–Kier alpha value is -2.97. The molecule has 0 saturated carbocycles. The van der Waals surface area contributed by atoms with Crippen LogP contribution in [0.3, 0.4) is 0 Å². The average molecular weight is 427 g/mol. The zero-order valence-corrected chi connectivity index (χ0v) is 16.9. The van der Waals surface area contributed by atoms with E-state index in [1.807, 2.05) is 36.4 Å². The fourth-order valence-electron chi connectivity index (χ4n) is 2.77. The Balaban J connectivity index is 1.64. The molecule has 3 rings (SSSR count). The number of hydrogen-bond donors (Lipinski definition) is 2. The van der Waals surface area contributed by atoms with Crippen LogP contribution >= 0.6 is 24.0 Å². The summed E-state index contributed by atoms with van der Waals surface area (Å²) in [5, 5.41) is 11.9. The fraction of sp³-hybridized carbons (Fsp3) is 0.143. The number of rotatable bonds is 7. The van der Waals surface area contributed by atoms with Crippen LogP contribution in [0.15, 0.2) is 65.6 Å². The van der Waals surface area contributed by atoms with Crippen molar-refractivity contribution in [2.45, 2.75) is 12.5 Å². The third-order valence-corrected chi connectivity index (χ3v) is 5.57. The summed E-state index contributed by atoms with van der Waals surface area (Å²) in [6, 6.07) is 17.2. The maximum Gasteiger partial charge on any atom is 0.326 e. The Kier molecular flexibility index (Phi) is 6.79. The molecule has 1 saturated heterocycles. The van der Waals surface area contributed by atoms with Gasteiger partial charge in [-0.1, -0.05) is 84.6 Å². The first-order chi connectivity index (χ1) is 13.9. The molecule has 2 aromatic rings. The lowest BCUT2D eigenvalue weighted by Crippen LogP contribution is -2.47. The fourth-order valence-corrected chi connectivity index (χ4v) is 4.03. The van der Waals surface area contributed by atoms with Gasteiger partial charge in [-0.2, -0.15) is 0 Å². The van der Waals surface area contributed by atoms with Crippen LogP contribution in [-0.2, 0) is 20.8 Å².